The topological polar surface area (TPSA) is 52.6 Å². The van der Waals surface area contributed by atoms with Crippen LogP contribution in [0.15, 0.2) is 47.6 Å². The first kappa shape index (κ1) is 21.4. The molecular weight excluding hydrogens is 456 g/mol. The first-order chi connectivity index (χ1) is 12.7. The molecule has 0 amide bonds. The zero-order chi connectivity index (χ0) is 18.4. The number of hydrogen-bond donors (Lipinski definition) is 2. The molecule has 2 N–H and O–H groups in total. The fourth-order valence-electron chi connectivity index (χ4n) is 3.21. The third kappa shape index (κ3) is 6.05. The van der Waals surface area contributed by atoms with Crippen molar-refractivity contribution >= 4 is 35.6 Å². The van der Waals surface area contributed by atoms with Crippen LogP contribution in [-0.4, -0.2) is 37.1 Å². The molecule has 0 saturated carbocycles. The molecule has 0 radical (unpaired) electrons. The number of nitrogens with zero attached hydrogens (tertiary/aromatic N) is 3. The van der Waals surface area contributed by atoms with Gasteiger partial charge in [-0.15, -0.1) is 24.0 Å². The molecule has 0 unspecified atom stereocenters. The van der Waals surface area contributed by atoms with Crippen molar-refractivity contribution in [2.75, 3.05) is 25.0 Å². The lowest BCUT2D eigenvalue weighted by atomic mass is 10.0. The number of hydrogen-bond acceptors (Lipinski definition) is 3. The number of aliphatic imine (C=N–C) groups is 1. The van der Waals surface area contributed by atoms with E-state index in [2.05, 4.69) is 38.5 Å². The molecule has 1 aliphatic rings. The Morgan fingerprint density at radius 2 is 2.04 bits per heavy atom. The van der Waals surface area contributed by atoms with Crippen LogP contribution < -0.4 is 15.5 Å². The van der Waals surface area contributed by atoms with Crippen LogP contribution >= 0.6 is 24.0 Å². The Hall–Kier alpha value is -1.90. The highest BCUT2D eigenvalue weighted by molar-refractivity contribution is 14.0. The number of rotatable bonds is 4. The number of aryl methyl sites for hydroxylation is 1. The van der Waals surface area contributed by atoms with Gasteiger partial charge in [0.2, 0.25) is 0 Å². The van der Waals surface area contributed by atoms with Crippen molar-refractivity contribution in [2.24, 2.45) is 4.99 Å². The van der Waals surface area contributed by atoms with E-state index in [4.69, 9.17) is 0 Å². The lowest BCUT2D eigenvalue weighted by Gasteiger charge is -2.34. The average molecular weight is 483 g/mol. The van der Waals surface area contributed by atoms with E-state index >= 15 is 0 Å². The highest BCUT2D eigenvalue weighted by Crippen LogP contribution is 2.20. The zero-order valence-electron chi connectivity index (χ0n) is 15.8. The monoisotopic (exact) mass is 483 g/mol. The van der Waals surface area contributed by atoms with Crippen molar-refractivity contribution < 1.29 is 4.39 Å². The summed E-state index contributed by atoms with van der Waals surface area (Å²) in [7, 11) is 1.78. The summed E-state index contributed by atoms with van der Waals surface area (Å²) in [5.41, 5.74) is 3.15. The third-order valence-electron chi connectivity index (χ3n) is 4.77. The second-order valence-corrected chi connectivity index (χ2v) is 6.58. The molecule has 0 spiro atoms. The second kappa shape index (κ2) is 10.4. The maximum absolute atomic E-state index is 13.4. The van der Waals surface area contributed by atoms with Crippen molar-refractivity contribution in [1.82, 2.24) is 15.6 Å². The lowest BCUT2D eigenvalue weighted by molar-refractivity contribution is 0.461. The van der Waals surface area contributed by atoms with Crippen LogP contribution in [0.25, 0.3) is 0 Å². The molecule has 1 saturated heterocycles. The van der Waals surface area contributed by atoms with Crippen molar-refractivity contribution in [3.8, 4) is 0 Å². The predicted molar refractivity (Wildman–Crippen MR) is 119 cm³/mol. The van der Waals surface area contributed by atoms with Gasteiger partial charge < -0.3 is 15.5 Å². The normalized spacial score (nSPS) is 15.2. The molecule has 7 heteroatoms. The van der Waals surface area contributed by atoms with Gasteiger partial charge in [-0.2, -0.15) is 0 Å². The Kier molecular flexibility index (Phi) is 8.27. The fourth-order valence-corrected chi connectivity index (χ4v) is 3.21. The van der Waals surface area contributed by atoms with E-state index < -0.39 is 0 Å². The van der Waals surface area contributed by atoms with Crippen LogP contribution in [0.3, 0.4) is 0 Å². The Morgan fingerprint density at radius 3 is 2.70 bits per heavy atom. The van der Waals surface area contributed by atoms with E-state index in [1.165, 1.54) is 11.6 Å². The number of piperidine rings is 1. The molecule has 0 bridgehead atoms. The maximum Gasteiger partial charge on any atom is 0.191 e. The lowest BCUT2D eigenvalue weighted by Crippen LogP contribution is -2.48. The molecule has 27 heavy (non-hydrogen) atoms. The Labute approximate surface area is 177 Å². The fraction of sp³-hybridized carbons (Fsp3) is 0.400. The van der Waals surface area contributed by atoms with E-state index in [-0.39, 0.29) is 29.8 Å². The van der Waals surface area contributed by atoms with E-state index in [1.807, 2.05) is 18.3 Å². The predicted octanol–water partition coefficient (Wildman–Crippen LogP) is 3.48. The van der Waals surface area contributed by atoms with Crippen LogP contribution in [0, 0.1) is 12.7 Å². The van der Waals surface area contributed by atoms with Crippen LogP contribution in [0.5, 0.6) is 0 Å². The molecule has 1 aromatic carbocycles. The molecule has 1 aromatic heterocycles. The summed E-state index contributed by atoms with van der Waals surface area (Å²) in [6, 6.07) is 11.2. The minimum absolute atomic E-state index is 0. The first-order valence-corrected chi connectivity index (χ1v) is 9.04. The standard InChI is InChI=1S/C20H26FN5.HI/c1-15-5-4-10-23-19(15)14-24-20(22-2)25-17-8-11-26(12-9-17)18-7-3-6-16(21)13-18;/h3-7,10,13,17H,8-9,11-12,14H2,1-2H3,(H2,22,24,25);1H. The van der Waals surface area contributed by atoms with Gasteiger partial charge in [-0.1, -0.05) is 12.1 Å². The van der Waals surface area contributed by atoms with Crippen LogP contribution in [0.4, 0.5) is 10.1 Å². The van der Waals surface area contributed by atoms with Gasteiger partial charge in [-0.05, 0) is 49.6 Å². The SMILES string of the molecule is CN=C(NCc1ncccc1C)NC1CCN(c2cccc(F)c2)CC1.I. The molecule has 0 aliphatic carbocycles. The minimum Gasteiger partial charge on any atom is -0.371 e. The van der Waals surface area contributed by atoms with Crippen molar-refractivity contribution in [1.29, 1.82) is 0 Å². The van der Waals surface area contributed by atoms with Crippen LogP contribution in [0.1, 0.15) is 24.1 Å². The number of pyridine rings is 1. The van der Waals surface area contributed by atoms with Gasteiger partial charge in [-0.25, -0.2) is 4.39 Å². The molecule has 3 rings (SSSR count). The van der Waals surface area contributed by atoms with Gasteiger partial charge in [0, 0.05) is 38.1 Å². The summed E-state index contributed by atoms with van der Waals surface area (Å²) in [4.78, 5) is 10.9. The summed E-state index contributed by atoms with van der Waals surface area (Å²) in [5, 5.41) is 6.83. The van der Waals surface area contributed by atoms with E-state index in [0.717, 1.165) is 43.3 Å². The van der Waals surface area contributed by atoms with Gasteiger partial charge in [0.25, 0.3) is 0 Å². The van der Waals surface area contributed by atoms with Crippen molar-refractivity contribution in [2.45, 2.75) is 32.4 Å². The first-order valence-electron chi connectivity index (χ1n) is 9.04. The third-order valence-corrected chi connectivity index (χ3v) is 4.77. The largest absolute Gasteiger partial charge is 0.371 e. The smallest absolute Gasteiger partial charge is 0.191 e. The number of anilines is 1. The van der Waals surface area contributed by atoms with Gasteiger partial charge in [0.05, 0.1) is 12.2 Å². The van der Waals surface area contributed by atoms with E-state index in [1.54, 1.807) is 19.2 Å². The quantitative estimate of drug-likeness (QED) is 0.398. The van der Waals surface area contributed by atoms with Gasteiger partial charge >= 0.3 is 0 Å². The minimum atomic E-state index is -0.183. The molecule has 146 valence electrons. The molecule has 1 aliphatic heterocycles. The Bertz CT molecular complexity index is 760. The number of aromatic nitrogens is 1. The van der Waals surface area contributed by atoms with Crippen LogP contribution in [-0.2, 0) is 6.54 Å². The molecule has 1 fully saturated rings. The molecular formula is C20H27FIN5. The summed E-state index contributed by atoms with van der Waals surface area (Å²) >= 11 is 0. The van der Waals surface area contributed by atoms with Gasteiger partial charge in [0.15, 0.2) is 5.96 Å². The summed E-state index contributed by atoms with van der Waals surface area (Å²) < 4.78 is 13.4. The summed E-state index contributed by atoms with van der Waals surface area (Å²) in [6.45, 7) is 4.51. The van der Waals surface area contributed by atoms with Gasteiger partial charge in [0.1, 0.15) is 5.82 Å². The number of halogens is 2. The second-order valence-electron chi connectivity index (χ2n) is 6.58. The Balaban J connectivity index is 0.00000261. The molecule has 0 atom stereocenters. The van der Waals surface area contributed by atoms with E-state index in [9.17, 15) is 4.39 Å². The van der Waals surface area contributed by atoms with Crippen molar-refractivity contribution in [3.63, 3.8) is 0 Å². The average Bonchev–Trinajstić information content (AvgIpc) is 2.67. The number of benzene rings is 1. The number of guanidine groups is 1. The number of nitrogens with one attached hydrogen (secondary N) is 2. The summed E-state index contributed by atoms with van der Waals surface area (Å²) in [6.07, 6.45) is 3.78. The highest BCUT2D eigenvalue weighted by atomic mass is 127. The van der Waals surface area contributed by atoms with Gasteiger partial charge in [-0.3, -0.25) is 9.98 Å². The maximum atomic E-state index is 13.4. The molecule has 2 heterocycles. The molecule has 2 aromatic rings. The van der Waals surface area contributed by atoms with E-state index in [0.29, 0.717) is 12.6 Å². The molecule has 5 nitrogen and oxygen atoms in total. The van der Waals surface area contributed by atoms with Crippen LogP contribution in [0.2, 0.25) is 0 Å². The zero-order valence-corrected chi connectivity index (χ0v) is 18.1. The highest BCUT2D eigenvalue weighted by Gasteiger charge is 2.20. The summed E-state index contributed by atoms with van der Waals surface area (Å²) in [5.74, 6) is 0.608. The van der Waals surface area contributed by atoms with Crippen molar-refractivity contribution in [3.05, 3.63) is 59.7 Å². The Morgan fingerprint density at radius 1 is 1.26 bits per heavy atom.